The highest BCUT2D eigenvalue weighted by atomic mass is 16.2. The van der Waals surface area contributed by atoms with Crippen LogP contribution in [0.1, 0.15) is 43.1 Å². The fraction of sp³-hybridized carbons (Fsp3) is 0.714. The maximum absolute atomic E-state index is 12.5. The zero-order valence-corrected chi connectivity index (χ0v) is 11.5. The van der Waals surface area contributed by atoms with Gasteiger partial charge in [-0.25, -0.2) is 0 Å². The maximum Gasteiger partial charge on any atom is 0.272 e. The minimum Gasteiger partial charge on any atom is -0.333 e. The van der Waals surface area contributed by atoms with Crippen molar-refractivity contribution in [2.24, 2.45) is 0 Å². The summed E-state index contributed by atoms with van der Waals surface area (Å²) in [6.45, 7) is 5.38. The first-order valence-electron chi connectivity index (χ1n) is 7.35. The molecule has 2 aliphatic rings. The number of nitrogens with one attached hydrogen (secondary N) is 1. The lowest BCUT2D eigenvalue weighted by atomic mass is 10.0. The summed E-state index contributed by atoms with van der Waals surface area (Å²) in [5, 5.41) is 6.68. The molecule has 1 amide bonds. The van der Waals surface area contributed by atoms with Crippen LogP contribution in [0.3, 0.4) is 0 Å². The van der Waals surface area contributed by atoms with Crippen molar-refractivity contribution in [3.05, 3.63) is 18.0 Å². The second kappa shape index (κ2) is 5.33. The Morgan fingerprint density at radius 3 is 2.89 bits per heavy atom. The molecular formula is C14H22N4O. The first-order chi connectivity index (χ1) is 9.31. The van der Waals surface area contributed by atoms with Gasteiger partial charge in [-0.15, -0.1) is 0 Å². The number of nitrogens with zero attached hydrogens (tertiary/aromatic N) is 3. The minimum atomic E-state index is 0.114. The number of amides is 1. The lowest BCUT2D eigenvalue weighted by molar-refractivity contribution is 0.0644. The molecule has 0 spiro atoms. The van der Waals surface area contributed by atoms with Crippen molar-refractivity contribution in [1.82, 2.24) is 20.0 Å². The number of aromatic amines is 1. The predicted octanol–water partition coefficient (Wildman–Crippen LogP) is 1.50. The van der Waals surface area contributed by atoms with Gasteiger partial charge in [0.2, 0.25) is 0 Å². The molecule has 3 rings (SSSR count). The van der Waals surface area contributed by atoms with Gasteiger partial charge in [0.05, 0.1) is 0 Å². The summed E-state index contributed by atoms with van der Waals surface area (Å²) in [7, 11) is 0. The summed E-state index contributed by atoms with van der Waals surface area (Å²) >= 11 is 0. The smallest absolute Gasteiger partial charge is 0.272 e. The number of rotatable bonds is 3. The molecule has 1 aromatic rings. The zero-order valence-electron chi connectivity index (χ0n) is 11.5. The first-order valence-corrected chi connectivity index (χ1v) is 7.35. The van der Waals surface area contributed by atoms with E-state index >= 15 is 0 Å². The van der Waals surface area contributed by atoms with E-state index in [1.165, 1.54) is 19.4 Å². The molecule has 2 saturated heterocycles. The Morgan fingerprint density at radius 2 is 2.16 bits per heavy atom. The van der Waals surface area contributed by atoms with Gasteiger partial charge in [0.15, 0.2) is 0 Å². The molecular weight excluding hydrogens is 240 g/mol. The molecule has 5 nitrogen and oxygen atoms in total. The first kappa shape index (κ1) is 12.7. The van der Waals surface area contributed by atoms with E-state index < -0.39 is 0 Å². The fourth-order valence-electron chi connectivity index (χ4n) is 3.65. The number of likely N-dealkylation sites (N-methyl/N-ethyl adjacent to an activating group) is 1. The molecule has 104 valence electrons. The van der Waals surface area contributed by atoms with Crippen LogP contribution in [0.4, 0.5) is 0 Å². The van der Waals surface area contributed by atoms with Crippen LogP contribution in [-0.2, 0) is 0 Å². The van der Waals surface area contributed by atoms with Crippen LogP contribution >= 0.6 is 0 Å². The normalized spacial score (nSPS) is 28.2. The Bertz CT molecular complexity index is 431. The number of hydrogen-bond donors (Lipinski definition) is 1. The molecule has 0 bridgehead atoms. The summed E-state index contributed by atoms with van der Waals surface area (Å²) in [6.07, 6.45) is 6.40. The highest BCUT2D eigenvalue weighted by Crippen LogP contribution is 2.30. The second-order valence-electron chi connectivity index (χ2n) is 5.52. The molecule has 1 N–H and O–H groups in total. The van der Waals surface area contributed by atoms with Crippen LogP contribution in [0.2, 0.25) is 0 Å². The van der Waals surface area contributed by atoms with E-state index in [9.17, 15) is 4.79 Å². The van der Waals surface area contributed by atoms with Crippen molar-refractivity contribution < 1.29 is 4.79 Å². The Labute approximate surface area is 114 Å². The molecule has 19 heavy (non-hydrogen) atoms. The van der Waals surface area contributed by atoms with Gasteiger partial charge in [-0.1, -0.05) is 6.92 Å². The van der Waals surface area contributed by atoms with E-state index in [1.54, 1.807) is 12.3 Å². The van der Waals surface area contributed by atoms with Crippen molar-refractivity contribution in [2.75, 3.05) is 19.6 Å². The Morgan fingerprint density at radius 1 is 1.37 bits per heavy atom. The lowest BCUT2D eigenvalue weighted by Crippen LogP contribution is -2.48. The summed E-state index contributed by atoms with van der Waals surface area (Å²) in [6, 6.07) is 2.71. The average molecular weight is 262 g/mol. The topological polar surface area (TPSA) is 52.2 Å². The molecule has 0 unspecified atom stereocenters. The molecule has 0 radical (unpaired) electrons. The molecule has 2 atom stereocenters. The van der Waals surface area contributed by atoms with Crippen molar-refractivity contribution in [1.29, 1.82) is 0 Å². The van der Waals surface area contributed by atoms with Gasteiger partial charge in [-0.05, 0) is 44.8 Å². The van der Waals surface area contributed by atoms with Gasteiger partial charge >= 0.3 is 0 Å². The van der Waals surface area contributed by atoms with Crippen LogP contribution in [0.5, 0.6) is 0 Å². The van der Waals surface area contributed by atoms with E-state index in [0.717, 1.165) is 25.9 Å². The molecule has 0 aliphatic carbocycles. The van der Waals surface area contributed by atoms with Crippen molar-refractivity contribution >= 4 is 5.91 Å². The molecule has 5 heteroatoms. The monoisotopic (exact) mass is 262 g/mol. The SMILES string of the molecule is CCN1CCC[C@@H]1[C@@H]1CCCN1C(=O)c1ccn[nH]1. The zero-order chi connectivity index (χ0) is 13.2. The average Bonchev–Trinajstić information content (AvgIpc) is 3.16. The van der Waals surface area contributed by atoms with E-state index in [0.29, 0.717) is 17.8 Å². The number of carbonyl (C=O) groups excluding carboxylic acids is 1. The summed E-state index contributed by atoms with van der Waals surface area (Å²) < 4.78 is 0. The number of likely N-dealkylation sites (tertiary alicyclic amines) is 2. The third-order valence-corrected chi connectivity index (χ3v) is 4.56. The van der Waals surface area contributed by atoms with Crippen molar-refractivity contribution in [2.45, 2.75) is 44.7 Å². The lowest BCUT2D eigenvalue weighted by Gasteiger charge is -2.34. The van der Waals surface area contributed by atoms with Gasteiger partial charge in [0, 0.05) is 24.8 Å². The van der Waals surface area contributed by atoms with Gasteiger partial charge in [-0.3, -0.25) is 14.8 Å². The second-order valence-corrected chi connectivity index (χ2v) is 5.52. The van der Waals surface area contributed by atoms with Crippen LogP contribution in [0.25, 0.3) is 0 Å². The van der Waals surface area contributed by atoms with Gasteiger partial charge in [0.25, 0.3) is 5.91 Å². The van der Waals surface area contributed by atoms with E-state index in [2.05, 4.69) is 26.9 Å². The Balaban J connectivity index is 1.76. The third-order valence-electron chi connectivity index (χ3n) is 4.56. The van der Waals surface area contributed by atoms with Crippen LogP contribution < -0.4 is 0 Å². The highest BCUT2D eigenvalue weighted by molar-refractivity contribution is 5.92. The quantitative estimate of drug-likeness (QED) is 0.898. The van der Waals surface area contributed by atoms with Crippen LogP contribution in [0, 0.1) is 0 Å². The molecule has 0 aromatic carbocycles. The number of aromatic nitrogens is 2. The van der Waals surface area contributed by atoms with Crippen molar-refractivity contribution in [3.63, 3.8) is 0 Å². The highest BCUT2D eigenvalue weighted by Gasteiger charge is 2.39. The number of H-pyrrole nitrogens is 1. The molecule has 0 saturated carbocycles. The van der Waals surface area contributed by atoms with E-state index in [-0.39, 0.29) is 5.91 Å². The number of hydrogen-bond acceptors (Lipinski definition) is 3. The maximum atomic E-state index is 12.5. The van der Waals surface area contributed by atoms with E-state index in [1.807, 2.05) is 0 Å². The van der Waals surface area contributed by atoms with Crippen LogP contribution in [-0.4, -0.2) is 57.6 Å². The van der Waals surface area contributed by atoms with Crippen LogP contribution in [0.15, 0.2) is 12.3 Å². The van der Waals surface area contributed by atoms with Gasteiger partial charge in [-0.2, -0.15) is 5.10 Å². The fourth-order valence-corrected chi connectivity index (χ4v) is 3.65. The molecule has 1 aromatic heterocycles. The van der Waals surface area contributed by atoms with Gasteiger partial charge < -0.3 is 4.90 Å². The molecule has 3 heterocycles. The van der Waals surface area contributed by atoms with Gasteiger partial charge in [0.1, 0.15) is 5.69 Å². The summed E-state index contributed by atoms with van der Waals surface area (Å²) in [5.41, 5.74) is 0.618. The van der Waals surface area contributed by atoms with Crippen molar-refractivity contribution in [3.8, 4) is 0 Å². The predicted molar refractivity (Wildman–Crippen MR) is 72.9 cm³/mol. The van der Waals surface area contributed by atoms with E-state index in [4.69, 9.17) is 0 Å². The Kier molecular flexibility index (Phi) is 3.55. The number of carbonyl (C=O) groups is 1. The third kappa shape index (κ3) is 2.27. The molecule has 2 fully saturated rings. The standard InChI is InChI=1S/C14H22N4O/c1-2-17-9-3-5-12(17)13-6-4-10-18(13)14(19)11-7-8-15-16-11/h7-8,12-13H,2-6,9-10H2,1H3,(H,15,16)/t12-,13+/m1/s1. The summed E-state index contributed by atoms with van der Waals surface area (Å²) in [4.78, 5) is 17.1. The largest absolute Gasteiger partial charge is 0.333 e. The summed E-state index contributed by atoms with van der Waals surface area (Å²) in [5.74, 6) is 0.114. The minimum absolute atomic E-state index is 0.114. The molecule has 2 aliphatic heterocycles. The Hall–Kier alpha value is -1.36.